The number of anilines is 2. The maximum atomic E-state index is 12.0. The molecule has 2 atom stereocenters. The topological polar surface area (TPSA) is 73.1 Å². The van der Waals surface area contributed by atoms with Crippen LogP contribution in [0.15, 0.2) is 60.9 Å². The molecule has 1 aliphatic heterocycles. The smallest absolute Gasteiger partial charge is 0.226 e. The number of pyridine rings is 1. The van der Waals surface area contributed by atoms with E-state index in [0.717, 1.165) is 17.1 Å². The Morgan fingerprint density at radius 1 is 1.23 bits per heavy atom. The van der Waals surface area contributed by atoms with Crippen molar-refractivity contribution in [1.82, 2.24) is 15.3 Å². The molecule has 30 heavy (non-hydrogen) atoms. The van der Waals surface area contributed by atoms with Gasteiger partial charge in [-0.1, -0.05) is 31.5 Å². The average molecular weight is 440 g/mol. The molecule has 3 aromatic rings. The first-order valence-electron chi connectivity index (χ1n) is 9.70. The van der Waals surface area contributed by atoms with Crippen LogP contribution >= 0.6 is 23.8 Å². The molecule has 1 aromatic carbocycles. The van der Waals surface area contributed by atoms with Crippen molar-refractivity contribution < 1.29 is 4.79 Å². The molecular formula is C22H22ClN5OS. The predicted molar refractivity (Wildman–Crippen MR) is 124 cm³/mol. The van der Waals surface area contributed by atoms with E-state index in [1.54, 1.807) is 12.3 Å². The minimum Gasteiger partial charge on any atom is -0.363 e. The minimum atomic E-state index is -0.132. The van der Waals surface area contributed by atoms with Crippen molar-refractivity contribution in [1.29, 1.82) is 0 Å². The predicted octanol–water partition coefficient (Wildman–Crippen LogP) is 4.83. The lowest BCUT2D eigenvalue weighted by molar-refractivity contribution is -0.118. The molecule has 1 amide bonds. The number of nitrogens with one attached hydrogen (secondary N) is 3. The summed E-state index contributed by atoms with van der Waals surface area (Å²) in [6.45, 7) is 3.68. The van der Waals surface area contributed by atoms with Crippen molar-refractivity contribution in [2.24, 2.45) is 5.92 Å². The number of thiocarbonyl (C=S) groups is 1. The zero-order chi connectivity index (χ0) is 21.3. The number of carbonyl (C=O) groups excluding carboxylic acids is 1. The van der Waals surface area contributed by atoms with Crippen LogP contribution in [0.4, 0.5) is 11.4 Å². The highest BCUT2D eigenvalue weighted by Crippen LogP contribution is 2.42. The lowest BCUT2D eigenvalue weighted by Gasteiger charge is -2.27. The van der Waals surface area contributed by atoms with Gasteiger partial charge in [-0.25, -0.2) is 0 Å². The molecule has 154 valence electrons. The van der Waals surface area contributed by atoms with Gasteiger partial charge in [0.1, 0.15) is 6.04 Å². The second-order valence-corrected chi connectivity index (χ2v) is 8.22. The van der Waals surface area contributed by atoms with Crippen LogP contribution in [0.25, 0.3) is 0 Å². The van der Waals surface area contributed by atoms with Gasteiger partial charge >= 0.3 is 0 Å². The van der Waals surface area contributed by atoms with Gasteiger partial charge in [-0.15, -0.1) is 0 Å². The Morgan fingerprint density at radius 2 is 2.07 bits per heavy atom. The van der Waals surface area contributed by atoms with Crippen LogP contribution in [0.1, 0.15) is 37.3 Å². The van der Waals surface area contributed by atoms with E-state index in [9.17, 15) is 4.79 Å². The number of halogens is 1. The number of benzene rings is 1. The first-order valence-corrected chi connectivity index (χ1v) is 10.5. The van der Waals surface area contributed by atoms with Crippen molar-refractivity contribution in [3.05, 3.63) is 77.3 Å². The Hall–Kier alpha value is -2.90. The van der Waals surface area contributed by atoms with Crippen LogP contribution in [-0.4, -0.2) is 21.0 Å². The van der Waals surface area contributed by atoms with Gasteiger partial charge in [0, 0.05) is 29.7 Å². The summed E-state index contributed by atoms with van der Waals surface area (Å²) in [4.78, 5) is 21.9. The van der Waals surface area contributed by atoms with Gasteiger partial charge in [0.05, 0.1) is 22.4 Å². The van der Waals surface area contributed by atoms with Crippen molar-refractivity contribution in [2.45, 2.75) is 25.9 Å². The van der Waals surface area contributed by atoms with Gasteiger partial charge in [0.15, 0.2) is 5.11 Å². The fourth-order valence-corrected chi connectivity index (χ4v) is 4.08. The molecule has 2 unspecified atom stereocenters. The van der Waals surface area contributed by atoms with Crippen molar-refractivity contribution in [3.8, 4) is 0 Å². The lowest BCUT2D eigenvalue weighted by atomic mass is 10.0. The number of rotatable bonds is 5. The minimum absolute atomic E-state index is 0.0810. The monoisotopic (exact) mass is 439 g/mol. The number of H-pyrrole nitrogens is 1. The number of hydrogen-bond acceptors (Lipinski definition) is 3. The lowest BCUT2D eigenvalue weighted by Crippen LogP contribution is -2.29. The molecule has 6 nitrogen and oxygen atoms in total. The van der Waals surface area contributed by atoms with E-state index in [0.29, 0.717) is 15.8 Å². The highest BCUT2D eigenvalue weighted by atomic mass is 35.5. The highest BCUT2D eigenvalue weighted by Gasteiger charge is 2.41. The Morgan fingerprint density at radius 3 is 2.70 bits per heavy atom. The standard InChI is InChI=1S/C22H22ClN5OS/c1-13(2)21(29)26-16-9-8-14(12-15(16)23)28-20(18-7-5-11-25-18)19(27-22(28)30)17-6-3-4-10-24-17/h3-13,19-20,25H,1-2H3,(H,26,29)(H,27,30). The van der Waals surface area contributed by atoms with Gasteiger partial charge in [0.25, 0.3) is 0 Å². The Labute approximate surface area is 185 Å². The zero-order valence-corrected chi connectivity index (χ0v) is 18.2. The molecule has 4 rings (SSSR count). The summed E-state index contributed by atoms with van der Waals surface area (Å²) in [5.74, 6) is -0.213. The van der Waals surface area contributed by atoms with Gasteiger partial charge in [0.2, 0.25) is 5.91 Å². The molecule has 0 saturated carbocycles. The third-order valence-electron chi connectivity index (χ3n) is 5.05. The van der Waals surface area contributed by atoms with E-state index in [1.165, 1.54) is 0 Å². The zero-order valence-electron chi connectivity index (χ0n) is 16.6. The van der Waals surface area contributed by atoms with Gasteiger partial charge in [-0.3, -0.25) is 9.78 Å². The first kappa shape index (κ1) is 20.4. The van der Waals surface area contributed by atoms with Crippen LogP contribution in [0.5, 0.6) is 0 Å². The summed E-state index contributed by atoms with van der Waals surface area (Å²) in [5.41, 5.74) is 3.31. The number of hydrogen-bond donors (Lipinski definition) is 3. The molecule has 0 radical (unpaired) electrons. The highest BCUT2D eigenvalue weighted by molar-refractivity contribution is 7.80. The summed E-state index contributed by atoms with van der Waals surface area (Å²) in [6, 6.07) is 15.1. The van der Waals surface area contributed by atoms with E-state index < -0.39 is 0 Å². The Balaban J connectivity index is 1.71. The Kier molecular flexibility index (Phi) is 5.74. The maximum Gasteiger partial charge on any atom is 0.226 e. The van der Waals surface area contributed by atoms with E-state index in [2.05, 4.69) is 20.6 Å². The number of aromatic amines is 1. The quantitative estimate of drug-likeness (QED) is 0.496. The van der Waals surface area contributed by atoms with Crippen LogP contribution in [0.2, 0.25) is 5.02 Å². The second kappa shape index (κ2) is 8.45. The molecule has 3 N–H and O–H groups in total. The Bertz CT molecular complexity index is 1050. The summed E-state index contributed by atoms with van der Waals surface area (Å²) < 4.78 is 0. The van der Waals surface area contributed by atoms with Crippen molar-refractivity contribution in [2.75, 3.05) is 10.2 Å². The summed E-state index contributed by atoms with van der Waals surface area (Å²) in [7, 11) is 0. The molecule has 1 fully saturated rings. The average Bonchev–Trinajstić information content (AvgIpc) is 3.37. The number of amides is 1. The second-order valence-electron chi connectivity index (χ2n) is 7.43. The molecule has 3 heterocycles. The normalized spacial score (nSPS) is 18.5. The molecular weight excluding hydrogens is 418 g/mol. The molecule has 8 heteroatoms. The molecule has 1 aliphatic rings. The maximum absolute atomic E-state index is 12.0. The van der Waals surface area contributed by atoms with Gasteiger partial charge < -0.3 is 20.5 Å². The van der Waals surface area contributed by atoms with E-state index in [1.807, 2.05) is 67.4 Å². The SMILES string of the molecule is CC(C)C(=O)Nc1ccc(N2C(=S)NC(c3ccccn3)C2c2ccc[nH]2)cc1Cl. The first-order chi connectivity index (χ1) is 14.5. The molecule has 0 spiro atoms. The van der Waals surface area contributed by atoms with E-state index >= 15 is 0 Å². The third kappa shape index (κ3) is 3.91. The fraction of sp³-hybridized carbons (Fsp3) is 0.227. The summed E-state index contributed by atoms with van der Waals surface area (Å²) in [6.07, 6.45) is 3.67. The molecule has 0 aliphatic carbocycles. The fourth-order valence-electron chi connectivity index (χ4n) is 3.51. The third-order valence-corrected chi connectivity index (χ3v) is 5.68. The van der Waals surface area contributed by atoms with Gasteiger partial charge in [-0.05, 0) is 54.7 Å². The van der Waals surface area contributed by atoms with Crippen LogP contribution in [0.3, 0.4) is 0 Å². The van der Waals surface area contributed by atoms with Crippen LogP contribution in [-0.2, 0) is 4.79 Å². The van der Waals surface area contributed by atoms with Crippen molar-refractivity contribution in [3.63, 3.8) is 0 Å². The number of carbonyl (C=O) groups is 1. The molecule has 2 aromatic heterocycles. The summed E-state index contributed by atoms with van der Waals surface area (Å²) >= 11 is 12.2. The molecule has 1 saturated heterocycles. The number of aromatic nitrogens is 2. The van der Waals surface area contributed by atoms with Gasteiger partial charge in [-0.2, -0.15) is 0 Å². The summed E-state index contributed by atoms with van der Waals surface area (Å²) in [5, 5.41) is 7.30. The van der Waals surface area contributed by atoms with E-state index in [-0.39, 0.29) is 23.9 Å². The number of nitrogens with zero attached hydrogens (tertiary/aromatic N) is 2. The van der Waals surface area contributed by atoms with Crippen LogP contribution in [0, 0.1) is 5.92 Å². The van der Waals surface area contributed by atoms with Crippen molar-refractivity contribution >= 4 is 46.2 Å². The molecule has 0 bridgehead atoms. The van der Waals surface area contributed by atoms with E-state index in [4.69, 9.17) is 23.8 Å². The largest absolute Gasteiger partial charge is 0.363 e. The van der Waals surface area contributed by atoms with Crippen LogP contribution < -0.4 is 15.5 Å².